The highest BCUT2D eigenvalue weighted by atomic mass is 79.9. The van der Waals surface area contributed by atoms with Gasteiger partial charge in [-0.1, -0.05) is 6.58 Å². The Labute approximate surface area is 75.4 Å². The average molecular weight is 215 g/mol. The molecule has 1 heterocycles. The smallest absolute Gasteiger partial charge is 0.0641 e. The minimum Gasteiger partial charge on any atom is -0.284 e. The lowest BCUT2D eigenvalue weighted by Crippen LogP contribution is -2.30. The molecule has 0 aromatic carbocycles. The molecule has 0 saturated carbocycles. The Balaban J connectivity index is 2.90. The van der Waals surface area contributed by atoms with E-state index in [0.29, 0.717) is 0 Å². The van der Waals surface area contributed by atoms with E-state index in [0.717, 1.165) is 10.2 Å². The summed E-state index contributed by atoms with van der Waals surface area (Å²) in [6, 6.07) is 0. The van der Waals surface area contributed by atoms with E-state index in [2.05, 4.69) is 27.9 Å². The molecule has 0 atom stereocenters. The molecule has 0 unspecified atom stereocenters. The average Bonchev–Trinajstić information content (AvgIpc) is 1.96. The fourth-order valence-corrected chi connectivity index (χ4v) is 1.47. The number of nitrogens with zero attached hydrogens (tertiary/aromatic N) is 1. The summed E-state index contributed by atoms with van der Waals surface area (Å²) in [5.41, 5.74) is 5.12. The summed E-state index contributed by atoms with van der Waals surface area (Å²) < 4.78 is 1.02. The SMILES string of the molecule is C=C1C(Br)=CC(C)=CN1NC. The number of hydrogen-bond donors (Lipinski definition) is 1. The van der Waals surface area contributed by atoms with Crippen LogP contribution in [0.15, 0.2) is 34.6 Å². The molecule has 0 aromatic heterocycles. The van der Waals surface area contributed by atoms with E-state index in [1.165, 1.54) is 5.57 Å². The van der Waals surface area contributed by atoms with Crippen molar-refractivity contribution in [1.29, 1.82) is 0 Å². The minimum absolute atomic E-state index is 0.929. The van der Waals surface area contributed by atoms with Gasteiger partial charge < -0.3 is 0 Å². The van der Waals surface area contributed by atoms with Crippen molar-refractivity contribution in [3.8, 4) is 0 Å². The number of halogens is 1. The van der Waals surface area contributed by atoms with Gasteiger partial charge in [0.25, 0.3) is 0 Å². The monoisotopic (exact) mass is 214 g/mol. The highest BCUT2D eigenvalue weighted by Crippen LogP contribution is 2.24. The summed E-state index contributed by atoms with van der Waals surface area (Å²) in [7, 11) is 1.86. The van der Waals surface area contributed by atoms with E-state index in [9.17, 15) is 0 Å². The molecule has 60 valence electrons. The van der Waals surface area contributed by atoms with Gasteiger partial charge >= 0.3 is 0 Å². The summed E-state index contributed by atoms with van der Waals surface area (Å²) in [5.74, 6) is 0. The van der Waals surface area contributed by atoms with Crippen molar-refractivity contribution in [3.63, 3.8) is 0 Å². The molecule has 2 nitrogen and oxygen atoms in total. The summed E-state index contributed by atoms with van der Waals surface area (Å²) in [6.45, 7) is 5.93. The van der Waals surface area contributed by atoms with E-state index in [1.807, 2.05) is 31.3 Å². The highest BCUT2D eigenvalue weighted by molar-refractivity contribution is 9.12. The molecule has 0 bridgehead atoms. The minimum atomic E-state index is 0.929. The molecule has 0 amide bonds. The van der Waals surface area contributed by atoms with Crippen LogP contribution < -0.4 is 5.43 Å². The van der Waals surface area contributed by atoms with Gasteiger partial charge in [0.05, 0.1) is 5.70 Å². The third kappa shape index (κ3) is 1.73. The molecule has 11 heavy (non-hydrogen) atoms. The highest BCUT2D eigenvalue weighted by Gasteiger charge is 2.10. The predicted octanol–water partition coefficient (Wildman–Crippen LogP) is 2.13. The fourth-order valence-electron chi connectivity index (χ4n) is 0.917. The lowest BCUT2D eigenvalue weighted by molar-refractivity contribution is 0.381. The van der Waals surface area contributed by atoms with Crippen molar-refractivity contribution < 1.29 is 0 Å². The number of hydrogen-bond acceptors (Lipinski definition) is 2. The number of allylic oxidation sites excluding steroid dienone is 3. The van der Waals surface area contributed by atoms with Crippen molar-refractivity contribution in [3.05, 3.63) is 34.6 Å². The first-order valence-electron chi connectivity index (χ1n) is 3.36. The molecule has 1 N–H and O–H groups in total. The zero-order chi connectivity index (χ0) is 8.43. The van der Waals surface area contributed by atoms with Crippen LogP contribution in [0.2, 0.25) is 0 Å². The normalized spacial score (nSPS) is 18.1. The summed E-state index contributed by atoms with van der Waals surface area (Å²) in [5, 5.41) is 1.87. The van der Waals surface area contributed by atoms with Crippen LogP contribution in [0, 0.1) is 0 Å². The second-order valence-corrected chi connectivity index (χ2v) is 3.26. The van der Waals surface area contributed by atoms with Crippen LogP contribution in [0.3, 0.4) is 0 Å². The van der Waals surface area contributed by atoms with Crippen molar-refractivity contribution in [2.75, 3.05) is 7.05 Å². The molecule has 1 rings (SSSR count). The summed E-state index contributed by atoms with van der Waals surface area (Å²) in [4.78, 5) is 0. The van der Waals surface area contributed by atoms with Crippen LogP contribution >= 0.6 is 15.9 Å². The molecule has 0 spiro atoms. The Bertz CT molecular complexity index is 240. The second-order valence-electron chi connectivity index (χ2n) is 2.41. The molecule has 1 aliphatic rings. The van der Waals surface area contributed by atoms with Crippen molar-refractivity contribution in [2.45, 2.75) is 6.92 Å². The first-order valence-corrected chi connectivity index (χ1v) is 4.16. The third-order valence-corrected chi connectivity index (χ3v) is 2.18. The Kier molecular flexibility index (Phi) is 2.52. The lowest BCUT2D eigenvalue weighted by Gasteiger charge is -2.25. The van der Waals surface area contributed by atoms with Gasteiger partial charge in [-0.05, 0) is 34.5 Å². The topological polar surface area (TPSA) is 15.3 Å². The Morgan fingerprint density at radius 1 is 1.64 bits per heavy atom. The van der Waals surface area contributed by atoms with Crippen LogP contribution in [0.25, 0.3) is 0 Å². The first kappa shape index (κ1) is 8.56. The molecule has 0 aliphatic carbocycles. The number of hydrazine groups is 1. The second kappa shape index (κ2) is 3.24. The summed E-state index contributed by atoms with van der Waals surface area (Å²) in [6.07, 6.45) is 4.03. The maximum Gasteiger partial charge on any atom is 0.0641 e. The molecule has 0 aromatic rings. The maximum atomic E-state index is 3.89. The number of nitrogens with one attached hydrogen (secondary N) is 1. The van der Waals surface area contributed by atoms with Crippen LogP contribution in [-0.4, -0.2) is 12.1 Å². The largest absolute Gasteiger partial charge is 0.284 e. The van der Waals surface area contributed by atoms with Gasteiger partial charge in [0, 0.05) is 17.7 Å². The Morgan fingerprint density at radius 3 is 2.82 bits per heavy atom. The van der Waals surface area contributed by atoms with Crippen molar-refractivity contribution >= 4 is 15.9 Å². The van der Waals surface area contributed by atoms with E-state index in [-0.39, 0.29) is 0 Å². The van der Waals surface area contributed by atoms with Crippen molar-refractivity contribution in [2.24, 2.45) is 0 Å². The van der Waals surface area contributed by atoms with E-state index >= 15 is 0 Å². The zero-order valence-corrected chi connectivity index (χ0v) is 8.27. The van der Waals surface area contributed by atoms with Gasteiger partial charge in [-0.25, -0.2) is 5.43 Å². The molecule has 0 saturated heterocycles. The predicted molar refractivity (Wildman–Crippen MR) is 50.8 cm³/mol. The van der Waals surface area contributed by atoms with E-state index in [4.69, 9.17) is 0 Å². The first-order chi connectivity index (χ1) is 5.15. The van der Waals surface area contributed by atoms with Gasteiger partial charge in [-0.15, -0.1) is 0 Å². The van der Waals surface area contributed by atoms with E-state index < -0.39 is 0 Å². The van der Waals surface area contributed by atoms with Gasteiger partial charge in [0.2, 0.25) is 0 Å². The molecule has 3 heteroatoms. The van der Waals surface area contributed by atoms with Crippen molar-refractivity contribution in [1.82, 2.24) is 10.4 Å². The van der Waals surface area contributed by atoms with Crippen LogP contribution in [0.5, 0.6) is 0 Å². The maximum absolute atomic E-state index is 3.89. The third-order valence-electron chi connectivity index (χ3n) is 1.49. The molecular weight excluding hydrogens is 204 g/mol. The van der Waals surface area contributed by atoms with Gasteiger partial charge in [0.1, 0.15) is 0 Å². The van der Waals surface area contributed by atoms with E-state index in [1.54, 1.807) is 0 Å². The van der Waals surface area contributed by atoms with Gasteiger partial charge in [0.15, 0.2) is 0 Å². The zero-order valence-electron chi connectivity index (χ0n) is 6.69. The number of rotatable bonds is 1. The lowest BCUT2D eigenvalue weighted by atomic mass is 10.2. The standard InChI is InChI=1S/C8H11BrN2/c1-6-4-8(9)7(2)11(5-6)10-3/h4-5,10H,2H2,1,3H3. The van der Waals surface area contributed by atoms with Crippen LogP contribution in [0.1, 0.15) is 6.92 Å². The summed E-state index contributed by atoms with van der Waals surface area (Å²) >= 11 is 3.41. The quantitative estimate of drug-likeness (QED) is 0.720. The Hall–Kier alpha value is -0.540. The molecular formula is C8H11BrN2. The van der Waals surface area contributed by atoms with Gasteiger partial charge in [-0.2, -0.15) is 0 Å². The Morgan fingerprint density at radius 2 is 2.27 bits per heavy atom. The van der Waals surface area contributed by atoms with Crippen LogP contribution in [-0.2, 0) is 0 Å². The molecule has 1 aliphatic heterocycles. The van der Waals surface area contributed by atoms with Crippen LogP contribution in [0.4, 0.5) is 0 Å². The molecule has 0 fully saturated rings. The van der Waals surface area contributed by atoms with Gasteiger partial charge in [-0.3, -0.25) is 5.01 Å². The molecule has 0 radical (unpaired) electrons. The fraction of sp³-hybridized carbons (Fsp3) is 0.250.